The molecule has 0 bridgehead atoms. The van der Waals surface area contributed by atoms with Crippen molar-refractivity contribution in [1.29, 1.82) is 0 Å². The minimum atomic E-state index is 0.0993. The third kappa shape index (κ3) is 15.3. The molecule has 0 fully saturated rings. The van der Waals surface area contributed by atoms with E-state index in [1.165, 1.54) is 0 Å². The fourth-order valence-electron chi connectivity index (χ4n) is 1.67. The standard InChI is InChI=1S/C16H38P4.2CH3.Sn/c1-13(2,3)17-19(15(7,8)9)20(16(10,11)12)18-14(4,5)6;;;/h17-18H,1-12H3;2*1H3;. The SMILES string of the molecule is CC(C)(C)PP(P(PC(C)(C)C)C(C)(C)C)C(C)(C)C.[CH3][Sn][CH3]. The Kier molecular flexibility index (Phi) is 13.0. The Balaban J connectivity index is 0. The van der Waals surface area contributed by atoms with Gasteiger partial charge in [0.15, 0.2) is 0 Å². The quantitative estimate of drug-likeness (QED) is 0.266. The number of rotatable bonds is 3. The van der Waals surface area contributed by atoms with E-state index in [1.807, 2.05) is 0 Å². The van der Waals surface area contributed by atoms with E-state index >= 15 is 0 Å². The van der Waals surface area contributed by atoms with Gasteiger partial charge in [0.05, 0.1) is 0 Å². The van der Waals surface area contributed by atoms with E-state index in [0.29, 0.717) is 20.6 Å². The van der Waals surface area contributed by atoms with E-state index < -0.39 is 0 Å². The maximum atomic E-state index is 2.49. The van der Waals surface area contributed by atoms with Gasteiger partial charge < -0.3 is 0 Å². The van der Waals surface area contributed by atoms with Crippen LogP contribution < -0.4 is 0 Å². The Labute approximate surface area is 165 Å². The molecule has 140 valence electrons. The predicted molar refractivity (Wildman–Crippen MR) is 127 cm³/mol. The van der Waals surface area contributed by atoms with Crippen molar-refractivity contribution in [2.24, 2.45) is 0 Å². The summed E-state index contributed by atoms with van der Waals surface area (Å²) in [4.78, 5) is 4.59. The second-order valence-corrected chi connectivity index (χ2v) is 29.1. The van der Waals surface area contributed by atoms with Crippen LogP contribution >= 0.6 is 31.1 Å². The van der Waals surface area contributed by atoms with Crippen LogP contribution in [0.5, 0.6) is 0 Å². The van der Waals surface area contributed by atoms with Gasteiger partial charge in [-0.05, 0) is 35.2 Å². The van der Waals surface area contributed by atoms with Crippen LogP contribution in [-0.4, -0.2) is 41.8 Å². The number of hydrogen-bond donors (Lipinski definition) is 0. The summed E-state index contributed by atoms with van der Waals surface area (Å²) in [5.74, 6) is 0. The van der Waals surface area contributed by atoms with Crippen molar-refractivity contribution < 1.29 is 0 Å². The van der Waals surface area contributed by atoms with Crippen molar-refractivity contribution in [2.75, 3.05) is 0 Å². The van der Waals surface area contributed by atoms with Crippen LogP contribution in [0.4, 0.5) is 0 Å². The molecule has 5 heteroatoms. The van der Waals surface area contributed by atoms with Crippen molar-refractivity contribution in [3.8, 4) is 0 Å². The Morgan fingerprint density at radius 3 is 0.783 bits per heavy atom. The molecule has 4 unspecified atom stereocenters. The van der Waals surface area contributed by atoms with Crippen LogP contribution in [0.25, 0.3) is 0 Å². The maximum absolute atomic E-state index is 2.49. The van der Waals surface area contributed by atoms with Crippen molar-refractivity contribution in [3.05, 3.63) is 0 Å². The van der Waals surface area contributed by atoms with Gasteiger partial charge in [0, 0.05) is 0 Å². The van der Waals surface area contributed by atoms with Crippen molar-refractivity contribution in [2.45, 2.75) is 114 Å². The van der Waals surface area contributed by atoms with E-state index in [4.69, 9.17) is 0 Å². The summed E-state index contributed by atoms with van der Waals surface area (Å²) >= 11 is 0.230. The average molecular weight is 503 g/mol. The van der Waals surface area contributed by atoms with E-state index in [-0.39, 0.29) is 35.7 Å². The van der Waals surface area contributed by atoms with Crippen LogP contribution in [0.15, 0.2) is 0 Å². The van der Waals surface area contributed by atoms with Gasteiger partial charge in [0.25, 0.3) is 0 Å². The van der Waals surface area contributed by atoms with Crippen LogP contribution in [0.3, 0.4) is 0 Å². The fraction of sp³-hybridized carbons (Fsp3) is 1.00. The molecule has 0 aromatic carbocycles. The van der Waals surface area contributed by atoms with Gasteiger partial charge in [0.2, 0.25) is 0 Å². The molecule has 0 aliphatic carbocycles. The van der Waals surface area contributed by atoms with Crippen molar-refractivity contribution in [1.82, 2.24) is 0 Å². The Bertz CT molecular complexity index is 284. The van der Waals surface area contributed by atoms with Crippen molar-refractivity contribution >= 4 is 52.3 Å². The summed E-state index contributed by atoms with van der Waals surface area (Å²) in [5.41, 5.74) is 0. The fourth-order valence-corrected chi connectivity index (χ4v) is 30.3. The summed E-state index contributed by atoms with van der Waals surface area (Å²) < 4.78 is 0. The second kappa shape index (κ2) is 10.8. The summed E-state index contributed by atoms with van der Waals surface area (Å²) in [6.07, 6.45) is 0. The summed E-state index contributed by atoms with van der Waals surface area (Å²) in [6.45, 7) is 29.6. The molecule has 0 aliphatic heterocycles. The van der Waals surface area contributed by atoms with E-state index in [2.05, 4.69) is 93.0 Å². The molecule has 0 aromatic rings. The molecule has 2 radical (unpaired) electrons. The number of hydrogen-bond acceptors (Lipinski definition) is 0. The zero-order valence-electron chi connectivity index (χ0n) is 18.4. The van der Waals surface area contributed by atoms with Gasteiger partial charge in [-0.25, -0.2) is 0 Å². The molecular formula is C18H44P4Sn. The first kappa shape index (κ1) is 27.7. The van der Waals surface area contributed by atoms with E-state index in [9.17, 15) is 0 Å². The first-order valence-corrected chi connectivity index (χ1v) is 21.4. The van der Waals surface area contributed by atoms with Gasteiger partial charge in [-0.1, -0.05) is 99.6 Å². The van der Waals surface area contributed by atoms with Crippen LogP contribution in [-0.2, 0) is 0 Å². The third-order valence-corrected chi connectivity index (χ3v) is 28.4. The molecule has 0 nitrogen and oxygen atoms in total. The normalized spacial score (nSPS) is 17.5. The van der Waals surface area contributed by atoms with Crippen LogP contribution in [0, 0.1) is 0 Å². The zero-order chi connectivity index (χ0) is 19.3. The zero-order valence-corrected chi connectivity index (χ0v) is 25.0. The molecule has 0 rings (SSSR count). The molecular weight excluding hydrogens is 459 g/mol. The first-order valence-electron chi connectivity index (χ1n) is 8.59. The van der Waals surface area contributed by atoms with Gasteiger partial charge in [-0.15, -0.1) is 0 Å². The van der Waals surface area contributed by atoms with E-state index in [0.717, 1.165) is 16.5 Å². The molecule has 0 amide bonds. The van der Waals surface area contributed by atoms with Crippen molar-refractivity contribution in [3.63, 3.8) is 0 Å². The Morgan fingerprint density at radius 1 is 0.522 bits per heavy atom. The van der Waals surface area contributed by atoms with Gasteiger partial charge >= 0.3 is 31.0 Å². The average Bonchev–Trinajstić information content (AvgIpc) is 2.18. The van der Waals surface area contributed by atoms with Gasteiger partial charge in [0.1, 0.15) is 0 Å². The second-order valence-electron chi connectivity index (χ2n) is 10.2. The Morgan fingerprint density at radius 2 is 0.696 bits per heavy atom. The third-order valence-electron chi connectivity index (χ3n) is 2.35. The topological polar surface area (TPSA) is 0 Å². The monoisotopic (exact) mass is 504 g/mol. The molecule has 0 aliphatic rings. The van der Waals surface area contributed by atoms with Gasteiger partial charge in [-0.2, -0.15) is 0 Å². The molecule has 0 saturated carbocycles. The van der Waals surface area contributed by atoms with Gasteiger partial charge in [-0.3, -0.25) is 0 Å². The predicted octanol–water partition coefficient (Wildman–Crippen LogP) is 9.03. The first-order chi connectivity index (χ1) is 9.85. The molecule has 4 atom stereocenters. The van der Waals surface area contributed by atoms with Crippen LogP contribution in [0.2, 0.25) is 9.88 Å². The summed E-state index contributed by atoms with van der Waals surface area (Å²) in [7, 11) is 2.45. The molecule has 0 heterocycles. The Hall–Kier alpha value is 2.52. The van der Waals surface area contributed by atoms with Crippen LogP contribution in [0.1, 0.15) is 83.1 Å². The summed E-state index contributed by atoms with van der Waals surface area (Å²) in [6, 6.07) is 0. The summed E-state index contributed by atoms with van der Waals surface area (Å²) in [5, 5.41) is 1.93. The molecule has 0 N–H and O–H groups in total. The molecule has 0 aromatic heterocycles. The molecule has 0 spiro atoms. The minimum absolute atomic E-state index is 0.0993. The van der Waals surface area contributed by atoms with E-state index in [1.54, 1.807) is 0 Å². The molecule has 0 saturated heterocycles. The molecule has 23 heavy (non-hydrogen) atoms.